The maximum absolute atomic E-state index is 14.2. The van der Waals surface area contributed by atoms with Crippen LogP contribution in [-0.2, 0) is 34.8 Å². The molecule has 0 spiro atoms. The average molecular weight is 706 g/mol. The highest BCUT2D eigenvalue weighted by Gasteiger charge is 2.54. The zero-order valence-corrected chi connectivity index (χ0v) is 30.9. The van der Waals surface area contributed by atoms with Gasteiger partial charge < -0.3 is 24.2 Å². The van der Waals surface area contributed by atoms with E-state index in [9.17, 15) is 22.4 Å². The number of H-pyrrole nitrogens is 1. The number of amides is 2. The van der Waals surface area contributed by atoms with Gasteiger partial charge in [0.15, 0.2) is 8.32 Å². The summed E-state index contributed by atoms with van der Waals surface area (Å²) in [7, 11) is -6.63. The SMILES string of the molecule is CC(C)(C)OC(=O)N1C[C@@H](O[Si](C)(C)C(C)(C)C)[C@H](OS(C)(=O)=O)[C@H]1[C@@H](CNC(=O)OCc1ccccc1)c1c[nH]c2cc(F)ccc12. The van der Waals surface area contributed by atoms with Crippen LogP contribution in [0.15, 0.2) is 54.7 Å². The Morgan fingerprint density at radius 3 is 2.35 bits per heavy atom. The Morgan fingerprint density at radius 2 is 1.75 bits per heavy atom. The van der Waals surface area contributed by atoms with E-state index in [0.29, 0.717) is 16.5 Å². The molecule has 1 aliphatic rings. The summed E-state index contributed by atoms with van der Waals surface area (Å²) >= 11 is 0. The Morgan fingerprint density at radius 1 is 1.08 bits per heavy atom. The molecule has 3 aromatic rings. The standard InChI is InChI=1S/C34H48FN3O8SSi/c1-33(2,3)44-32(40)38-20-28(46-48(8,9)34(4,5)6)30(45-47(7,41)42)29(38)26(25-18-36-27-17-23(35)15-16-24(25)27)19-37-31(39)43-21-22-13-11-10-12-14-22/h10-18,26,28-30,36H,19-21H2,1-9H3,(H,37,39)/t26-,28+,29+,30-/m0/s1. The lowest BCUT2D eigenvalue weighted by molar-refractivity contribution is 0.0137. The highest BCUT2D eigenvalue weighted by molar-refractivity contribution is 7.86. The van der Waals surface area contributed by atoms with Crippen molar-refractivity contribution in [2.24, 2.45) is 0 Å². The Bertz CT molecular complexity index is 1700. The molecule has 1 aromatic heterocycles. The molecule has 0 unspecified atom stereocenters. The molecule has 2 N–H and O–H groups in total. The number of carbonyl (C=O) groups is 2. The number of benzene rings is 2. The molecule has 2 amide bonds. The second kappa shape index (κ2) is 14.2. The molecule has 0 radical (unpaired) electrons. The van der Waals surface area contributed by atoms with E-state index in [2.05, 4.69) is 31.1 Å². The largest absolute Gasteiger partial charge is 0.445 e. The van der Waals surface area contributed by atoms with Crippen molar-refractivity contribution in [1.82, 2.24) is 15.2 Å². The molecule has 4 atom stereocenters. The smallest absolute Gasteiger partial charge is 0.410 e. The van der Waals surface area contributed by atoms with Crippen LogP contribution >= 0.6 is 0 Å². The van der Waals surface area contributed by atoms with Crippen LogP contribution in [0.1, 0.15) is 58.6 Å². The number of fused-ring (bicyclic) bond motifs is 1. The second-order valence-corrected chi connectivity index (χ2v) is 21.1. The number of halogens is 1. The lowest BCUT2D eigenvalue weighted by atomic mass is 9.87. The maximum atomic E-state index is 14.2. The Kier molecular flexibility index (Phi) is 11.0. The number of hydrogen-bond donors (Lipinski definition) is 2. The van der Waals surface area contributed by atoms with Gasteiger partial charge in [0.25, 0.3) is 10.1 Å². The van der Waals surface area contributed by atoms with Gasteiger partial charge >= 0.3 is 12.2 Å². The van der Waals surface area contributed by atoms with Gasteiger partial charge in [0.05, 0.1) is 24.9 Å². The van der Waals surface area contributed by atoms with Crippen molar-refractivity contribution in [3.8, 4) is 0 Å². The predicted molar refractivity (Wildman–Crippen MR) is 184 cm³/mol. The molecule has 1 saturated heterocycles. The minimum atomic E-state index is -4.08. The van der Waals surface area contributed by atoms with Gasteiger partial charge in [-0.1, -0.05) is 51.1 Å². The van der Waals surface area contributed by atoms with Gasteiger partial charge in [0, 0.05) is 29.6 Å². The monoisotopic (exact) mass is 705 g/mol. The van der Waals surface area contributed by atoms with E-state index in [1.807, 2.05) is 43.4 Å². The summed E-state index contributed by atoms with van der Waals surface area (Å²) < 4.78 is 63.8. The molecule has 0 saturated carbocycles. The summed E-state index contributed by atoms with van der Waals surface area (Å²) in [6, 6.07) is 12.4. The molecule has 2 heterocycles. The van der Waals surface area contributed by atoms with E-state index < -0.39 is 66.2 Å². The molecule has 264 valence electrons. The number of hydrogen-bond acceptors (Lipinski definition) is 8. The summed E-state index contributed by atoms with van der Waals surface area (Å²) in [5, 5.41) is 3.18. The third-order valence-electron chi connectivity index (χ3n) is 8.77. The molecule has 14 heteroatoms. The summed E-state index contributed by atoms with van der Waals surface area (Å²) in [5.41, 5.74) is 1.00. The predicted octanol–water partition coefficient (Wildman–Crippen LogP) is 6.67. The second-order valence-electron chi connectivity index (χ2n) is 14.8. The number of nitrogens with one attached hydrogen (secondary N) is 2. The van der Waals surface area contributed by atoms with Gasteiger partial charge in [-0.3, -0.25) is 9.08 Å². The zero-order chi connectivity index (χ0) is 35.7. The molecule has 0 bridgehead atoms. The minimum Gasteiger partial charge on any atom is -0.445 e. The fourth-order valence-electron chi connectivity index (χ4n) is 5.57. The Hall–Kier alpha value is -3.46. The Balaban J connectivity index is 1.82. The number of alkyl carbamates (subject to hydrolysis) is 1. The first-order chi connectivity index (χ1) is 22.1. The summed E-state index contributed by atoms with van der Waals surface area (Å²) in [5.74, 6) is -1.24. The van der Waals surface area contributed by atoms with Gasteiger partial charge in [-0.25, -0.2) is 14.0 Å². The summed E-state index contributed by atoms with van der Waals surface area (Å²) in [6.45, 7) is 15.3. The lowest BCUT2D eigenvalue weighted by Crippen LogP contribution is -2.51. The first kappa shape index (κ1) is 37.4. The van der Waals surface area contributed by atoms with Crippen LogP contribution in [0.25, 0.3) is 10.9 Å². The Labute approximate surface area is 283 Å². The van der Waals surface area contributed by atoms with Gasteiger partial charge in [-0.15, -0.1) is 0 Å². The van der Waals surface area contributed by atoms with Crippen LogP contribution in [0.2, 0.25) is 18.1 Å². The molecule has 2 aromatic carbocycles. The maximum Gasteiger partial charge on any atom is 0.410 e. The van der Waals surface area contributed by atoms with Crippen LogP contribution in [0.5, 0.6) is 0 Å². The molecule has 0 aliphatic carbocycles. The number of aromatic amines is 1. The molecule has 4 rings (SSSR count). The van der Waals surface area contributed by atoms with Crippen LogP contribution in [0.4, 0.5) is 14.0 Å². The average Bonchev–Trinajstić information content (AvgIpc) is 3.51. The number of carbonyl (C=O) groups excluding carboxylic acids is 2. The van der Waals surface area contributed by atoms with Crippen molar-refractivity contribution in [1.29, 1.82) is 0 Å². The van der Waals surface area contributed by atoms with Crippen molar-refractivity contribution >= 4 is 41.5 Å². The van der Waals surface area contributed by atoms with Gasteiger partial charge in [-0.2, -0.15) is 8.42 Å². The normalized spacial score (nSPS) is 19.7. The third kappa shape index (κ3) is 9.36. The van der Waals surface area contributed by atoms with E-state index in [1.165, 1.54) is 17.0 Å². The number of likely N-dealkylation sites (tertiary alicyclic amines) is 1. The first-order valence-corrected chi connectivity index (χ1v) is 20.6. The lowest BCUT2D eigenvalue weighted by Gasteiger charge is -2.39. The van der Waals surface area contributed by atoms with Crippen LogP contribution in [0.3, 0.4) is 0 Å². The molecular formula is C34H48FN3O8SSi. The number of rotatable bonds is 10. The highest BCUT2D eigenvalue weighted by atomic mass is 32.2. The van der Waals surface area contributed by atoms with Crippen molar-refractivity contribution < 1.29 is 40.5 Å². The highest BCUT2D eigenvalue weighted by Crippen LogP contribution is 2.43. The number of ether oxygens (including phenoxy) is 2. The van der Waals surface area contributed by atoms with Crippen molar-refractivity contribution in [3.63, 3.8) is 0 Å². The third-order valence-corrected chi connectivity index (χ3v) is 13.8. The van der Waals surface area contributed by atoms with Crippen LogP contribution < -0.4 is 5.32 Å². The van der Waals surface area contributed by atoms with E-state index in [-0.39, 0.29) is 24.7 Å². The topological polar surface area (TPSA) is 136 Å². The molecule has 1 aliphatic heterocycles. The van der Waals surface area contributed by atoms with Crippen molar-refractivity contribution in [2.75, 3.05) is 19.3 Å². The van der Waals surface area contributed by atoms with Crippen LogP contribution in [0, 0.1) is 5.82 Å². The molecule has 48 heavy (non-hydrogen) atoms. The van der Waals surface area contributed by atoms with Gasteiger partial charge in [-0.05, 0) is 68.2 Å². The van der Waals surface area contributed by atoms with Crippen molar-refractivity contribution in [3.05, 3.63) is 71.7 Å². The summed E-state index contributed by atoms with van der Waals surface area (Å²) in [6.07, 6.45) is -0.831. The minimum absolute atomic E-state index is 0.0272. The van der Waals surface area contributed by atoms with Gasteiger partial charge in [0.2, 0.25) is 0 Å². The zero-order valence-electron chi connectivity index (χ0n) is 29.1. The molecule has 11 nitrogen and oxygen atoms in total. The molecule has 1 fully saturated rings. The van der Waals surface area contributed by atoms with E-state index >= 15 is 0 Å². The fraction of sp³-hybridized carbons (Fsp3) is 0.529. The van der Waals surface area contributed by atoms with E-state index in [4.69, 9.17) is 18.1 Å². The fourth-order valence-corrected chi connectivity index (χ4v) is 7.53. The molecular weight excluding hydrogens is 658 g/mol. The quantitative estimate of drug-likeness (QED) is 0.176. The number of nitrogens with zero attached hydrogens (tertiary/aromatic N) is 1. The van der Waals surface area contributed by atoms with E-state index in [0.717, 1.165) is 11.8 Å². The summed E-state index contributed by atoms with van der Waals surface area (Å²) in [4.78, 5) is 31.5. The van der Waals surface area contributed by atoms with Crippen molar-refractivity contribution in [2.45, 2.75) is 96.1 Å². The first-order valence-electron chi connectivity index (χ1n) is 15.9. The van der Waals surface area contributed by atoms with Crippen LogP contribution in [-0.4, -0.2) is 82.0 Å². The van der Waals surface area contributed by atoms with E-state index in [1.54, 1.807) is 33.0 Å². The van der Waals surface area contributed by atoms with Gasteiger partial charge in [0.1, 0.15) is 24.1 Å². The number of aromatic nitrogens is 1.